The van der Waals surface area contributed by atoms with E-state index < -0.39 is 0 Å². The SMILES string of the molecule is CN1CCN(C2CCCSc3ccc(F)cc32)CC1. The molecule has 2 aliphatic rings. The van der Waals surface area contributed by atoms with Crippen molar-refractivity contribution in [3.05, 3.63) is 29.6 Å². The molecule has 3 rings (SSSR count). The molecular weight excluding hydrogens is 259 g/mol. The number of hydrogen-bond donors (Lipinski definition) is 0. The summed E-state index contributed by atoms with van der Waals surface area (Å²) in [5.41, 5.74) is 1.21. The van der Waals surface area contributed by atoms with E-state index in [1.165, 1.54) is 16.9 Å². The van der Waals surface area contributed by atoms with Gasteiger partial charge in [0.05, 0.1) is 0 Å². The number of fused-ring (bicyclic) bond motifs is 1. The monoisotopic (exact) mass is 280 g/mol. The van der Waals surface area contributed by atoms with Gasteiger partial charge in [-0.2, -0.15) is 0 Å². The minimum atomic E-state index is -0.0969. The number of piperazine rings is 1. The second-order valence-corrected chi connectivity index (χ2v) is 6.66. The fourth-order valence-corrected chi connectivity index (χ4v) is 4.10. The second-order valence-electron chi connectivity index (χ2n) is 5.53. The smallest absolute Gasteiger partial charge is 0.123 e. The predicted molar refractivity (Wildman–Crippen MR) is 78.2 cm³/mol. The van der Waals surface area contributed by atoms with Gasteiger partial charge < -0.3 is 4.90 Å². The largest absolute Gasteiger partial charge is 0.304 e. The highest BCUT2D eigenvalue weighted by molar-refractivity contribution is 7.99. The van der Waals surface area contributed by atoms with Gasteiger partial charge in [-0.05, 0) is 49.4 Å². The van der Waals surface area contributed by atoms with Gasteiger partial charge in [-0.25, -0.2) is 4.39 Å². The van der Waals surface area contributed by atoms with Crippen LogP contribution in [0, 0.1) is 5.82 Å². The van der Waals surface area contributed by atoms with Crippen LogP contribution in [-0.2, 0) is 0 Å². The third kappa shape index (κ3) is 2.96. The first-order valence-corrected chi connectivity index (χ1v) is 8.07. The summed E-state index contributed by atoms with van der Waals surface area (Å²) in [5, 5.41) is 0. The van der Waals surface area contributed by atoms with Crippen molar-refractivity contribution >= 4 is 11.8 Å². The molecule has 4 heteroatoms. The van der Waals surface area contributed by atoms with Gasteiger partial charge in [0.2, 0.25) is 0 Å². The van der Waals surface area contributed by atoms with E-state index in [2.05, 4.69) is 16.8 Å². The summed E-state index contributed by atoms with van der Waals surface area (Å²) in [6.45, 7) is 4.44. The van der Waals surface area contributed by atoms with E-state index >= 15 is 0 Å². The molecule has 2 nitrogen and oxygen atoms in total. The Balaban J connectivity index is 1.87. The van der Waals surface area contributed by atoms with Crippen molar-refractivity contribution in [3.8, 4) is 0 Å². The summed E-state index contributed by atoms with van der Waals surface area (Å²) in [7, 11) is 2.17. The van der Waals surface area contributed by atoms with Gasteiger partial charge in [0.15, 0.2) is 0 Å². The maximum Gasteiger partial charge on any atom is 0.123 e. The van der Waals surface area contributed by atoms with Crippen molar-refractivity contribution in [3.63, 3.8) is 0 Å². The van der Waals surface area contributed by atoms with E-state index in [9.17, 15) is 4.39 Å². The molecule has 0 N–H and O–H groups in total. The van der Waals surface area contributed by atoms with E-state index in [1.807, 2.05) is 17.8 Å². The number of rotatable bonds is 1. The Morgan fingerprint density at radius 2 is 2.00 bits per heavy atom. The van der Waals surface area contributed by atoms with Gasteiger partial charge in [-0.3, -0.25) is 4.90 Å². The van der Waals surface area contributed by atoms with Gasteiger partial charge in [0.1, 0.15) is 5.82 Å². The van der Waals surface area contributed by atoms with Crippen LogP contribution in [0.5, 0.6) is 0 Å². The first-order chi connectivity index (χ1) is 9.24. The molecule has 0 aromatic heterocycles. The van der Waals surface area contributed by atoms with E-state index in [-0.39, 0.29) is 5.82 Å². The highest BCUT2D eigenvalue weighted by Crippen LogP contribution is 2.38. The van der Waals surface area contributed by atoms with Crippen LogP contribution >= 0.6 is 11.8 Å². The molecule has 0 bridgehead atoms. The first-order valence-electron chi connectivity index (χ1n) is 7.09. The molecule has 104 valence electrons. The molecule has 0 spiro atoms. The summed E-state index contributed by atoms with van der Waals surface area (Å²) < 4.78 is 13.6. The highest BCUT2D eigenvalue weighted by Gasteiger charge is 2.27. The van der Waals surface area contributed by atoms with Gasteiger partial charge in [0.25, 0.3) is 0 Å². The van der Waals surface area contributed by atoms with Crippen LogP contribution in [0.25, 0.3) is 0 Å². The normalized spacial score (nSPS) is 25.9. The predicted octanol–water partition coefficient (Wildman–Crippen LogP) is 3.00. The number of likely N-dealkylation sites (N-methyl/N-ethyl adjacent to an activating group) is 1. The summed E-state index contributed by atoms with van der Waals surface area (Å²) in [6, 6.07) is 5.73. The van der Waals surface area contributed by atoms with E-state index in [0.717, 1.165) is 38.4 Å². The number of nitrogens with zero attached hydrogens (tertiary/aromatic N) is 2. The van der Waals surface area contributed by atoms with Gasteiger partial charge in [-0.15, -0.1) is 11.8 Å². The Hall–Kier alpha value is -0.580. The van der Waals surface area contributed by atoms with Crippen LogP contribution in [-0.4, -0.2) is 48.8 Å². The minimum Gasteiger partial charge on any atom is -0.304 e. The second kappa shape index (κ2) is 5.81. The van der Waals surface area contributed by atoms with Crippen molar-refractivity contribution in [2.75, 3.05) is 39.0 Å². The van der Waals surface area contributed by atoms with Crippen molar-refractivity contribution in [2.45, 2.75) is 23.8 Å². The Bertz CT molecular complexity index is 444. The lowest BCUT2D eigenvalue weighted by Crippen LogP contribution is -2.46. The molecule has 1 fully saturated rings. The molecule has 19 heavy (non-hydrogen) atoms. The van der Waals surface area contributed by atoms with Crippen molar-refractivity contribution in [1.82, 2.24) is 9.80 Å². The van der Waals surface area contributed by atoms with Gasteiger partial charge in [-0.1, -0.05) is 0 Å². The van der Waals surface area contributed by atoms with Crippen LogP contribution in [0.4, 0.5) is 4.39 Å². The Morgan fingerprint density at radius 1 is 1.21 bits per heavy atom. The third-order valence-electron chi connectivity index (χ3n) is 4.19. The molecule has 1 unspecified atom stereocenters. The molecule has 0 amide bonds. The zero-order chi connectivity index (χ0) is 13.2. The number of halogens is 1. The van der Waals surface area contributed by atoms with Crippen molar-refractivity contribution < 1.29 is 4.39 Å². The third-order valence-corrected chi connectivity index (χ3v) is 5.36. The molecule has 1 aromatic carbocycles. The van der Waals surface area contributed by atoms with Crippen LogP contribution < -0.4 is 0 Å². The maximum atomic E-state index is 13.6. The molecule has 0 aliphatic carbocycles. The number of benzene rings is 1. The topological polar surface area (TPSA) is 6.48 Å². The Morgan fingerprint density at radius 3 is 2.79 bits per heavy atom. The lowest BCUT2D eigenvalue weighted by atomic mass is 9.99. The van der Waals surface area contributed by atoms with E-state index in [4.69, 9.17) is 0 Å². The van der Waals surface area contributed by atoms with Crippen LogP contribution in [0.15, 0.2) is 23.1 Å². The molecule has 1 aromatic rings. The van der Waals surface area contributed by atoms with E-state index in [1.54, 1.807) is 12.1 Å². The molecule has 1 atom stereocenters. The summed E-state index contributed by atoms with van der Waals surface area (Å²) in [4.78, 5) is 6.20. The highest BCUT2D eigenvalue weighted by atomic mass is 32.2. The van der Waals surface area contributed by atoms with Crippen LogP contribution in [0.2, 0.25) is 0 Å². The molecule has 2 heterocycles. The van der Waals surface area contributed by atoms with E-state index in [0.29, 0.717) is 6.04 Å². The average Bonchev–Trinajstić information content (AvgIpc) is 2.62. The van der Waals surface area contributed by atoms with Gasteiger partial charge in [0, 0.05) is 37.1 Å². The van der Waals surface area contributed by atoms with Crippen molar-refractivity contribution in [2.24, 2.45) is 0 Å². The molecule has 1 saturated heterocycles. The van der Waals surface area contributed by atoms with Crippen LogP contribution in [0.1, 0.15) is 24.4 Å². The fraction of sp³-hybridized carbons (Fsp3) is 0.600. The Labute approximate surface area is 119 Å². The minimum absolute atomic E-state index is 0.0969. The Kier molecular flexibility index (Phi) is 4.10. The number of hydrogen-bond acceptors (Lipinski definition) is 3. The first kappa shape index (κ1) is 13.4. The molecule has 0 saturated carbocycles. The maximum absolute atomic E-state index is 13.6. The lowest BCUT2D eigenvalue weighted by Gasteiger charge is -2.38. The molecule has 0 radical (unpaired) electrons. The zero-order valence-corrected chi connectivity index (χ0v) is 12.3. The quantitative estimate of drug-likeness (QED) is 0.781. The van der Waals surface area contributed by atoms with Crippen LogP contribution in [0.3, 0.4) is 0 Å². The molecular formula is C15H21FN2S. The summed E-state index contributed by atoms with van der Waals surface area (Å²) in [5.74, 6) is 1.06. The average molecular weight is 280 g/mol. The summed E-state index contributed by atoms with van der Waals surface area (Å²) >= 11 is 1.88. The van der Waals surface area contributed by atoms with Crippen molar-refractivity contribution in [1.29, 1.82) is 0 Å². The number of thioether (sulfide) groups is 1. The standard InChI is InChI=1S/C15H21FN2S/c1-17-6-8-18(9-7-17)14-3-2-10-19-15-5-4-12(16)11-13(14)15/h4-5,11,14H,2-3,6-10H2,1H3. The van der Waals surface area contributed by atoms with Gasteiger partial charge >= 0.3 is 0 Å². The molecule has 2 aliphatic heterocycles. The lowest BCUT2D eigenvalue weighted by molar-refractivity contribution is 0.105. The summed E-state index contributed by atoms with van der Waals surface area (Å²) in [6.07, 6.45) is 2.38. The zero-order valence-electron chi connectivity index (χ0n) is 11.4. The fourth-order valence-electron chi connectivity index (χ4n) is 3.04.